The Kier molecular flexibility index (Phi) is 10.9. The molecule has 1 fully saturated rings. The summed E-state index contributed by atoms with van der Waals surface area (Å²) in [4.78, 5) is 0. The summed E-state index contributed by atoms with van der Waals surface area (Å²) in [5.74, 6) is 0.969. The number of benzene rings is 4. The van der Waals surface area contributed by atoms with Gasteiger partial charge in [0.15, 0.2) is 0 Å². The topological polar surface area (TPSA) is 0 Å². The molecule has 0 N–H and O–H groups in total. The van der Waals surface area contributed by atoms with E-state index in [1.807, 2.05) is 36.4 Å². The van der Waals surface area contributed by atoms with Gasteiger partial charge < -0.3 is 0 Å². The maximum Gasteiger partial charge on any atom is -0.00258 e. The van der Waals surface area contributed by atoms with Crippen molar-refractivity contribution >= 4 is 0 Å². The van der Waals surface area contributed by atoms with Crippen molar-refractivity contribution in [2.24, 2.45) is 5.92 Å². The minimum atomic E-state index is 0.969. The predicted octanol–water partition coefficient (Wildman–Crippen LogP) is 8.77. The molecule has 0 saturated heterocycles. The van der Waals surface area contributed by atoms with E-state index in [0.29, 0.717) is 0 Å². The molecule has 0 nitrogen and oxygen atoms in total. The van der Waals surface area contributed by atoms with Gasteiger partial charge in [0, 0.05) is 0 Å². The molecule has 1 aliphatic rings. The Morgan fingerprint density at radius 1 is 0.406 bits per heavy atom. The third-order valence-corrected chi connectivity index (χ3v) is 5.85. The molecule has 5 rings (SSSR count). The van der Waals surface area contributed by atoms with Gasteiger partial charge in [-0.25, -0.2) is 0 Å². The number of hydrogen-bond acceptors (Lipinski definition) is 0. The van der Waals surface area contributed by atoms with Crippen LogP contribution in [-0.2, 0) is 12.8 Å². The van der Waals surface area contributed by atoms with Crippen molar-refractivity contribution < 1.29 is 0 Å². The van der Waals surface area contributed by atoms with Crippen LogP contribution in [-0.4, -0.2) is 0 Å². The van der Waals surface area contributed by atoms with Crippen LogP contribution >= 0.6 is 0 Å². The van der Waals surface area contributed by atoms with Crippen molar-refractivity contribution in [3.63, 3.8) is 0 Å². The highest BCUT2D eigenvalue weighted by molar-refractivity contribution is 5.25. The van der Waals surface area contributed by atoms with E-state index in [2.05, 4.69) is 91.0 Å². The molecule has 0 unspecified atom stereocenters. The monoisotopic (exact) mass is 420 g/mol. The summed E-state index contributed by atoms with van der Waals surface area (Å²) in [6, 6.07) is 44.0. The van der Waals surface area contributed by atoms with Crippen LogP contribution in [0.1, 0.15) is 48.8 Å². The minimum Gasteiger partial charge on any atom is -0.0623 e. The highest BCUT2D eigenvalue weighted by atomic mass is 14.2. The number of hydrogen-bond donors (Lipinski definition) is 0. The Morgan fingerprint density at radius 2 is 0.750 bits per heavy atom. The van der Waals surface area contributed by atoms with Crippen molar-refractivity contribution in [1.82, 2.24) is 0 Å². The van der Waals surface area contributed by atoms with E-state index in [9.17, 15) is 0 Å². The fourth-order valence-electron chi connectivity index (χ4n) is 4.15. The van der Waals surface area contributed by atoms with Gasteiger partial charge in [-0.05, 0) is 35.4 Å². The first kappa shape index (κ1) is 23.5. The normalized spacial score (nSPS) is 13.1. The summed E-state index contributed by atoms with van der Waals surface area (Å²) in [5, 5.41) is 0. The highest BCUT2D eigenvalue weighted by Crippen LogP contribution is 2.26. The SMILES string of the molecule is c1ccc(CC2CCCCC2)cc1.c1ccc(Cc2ccccc2)cc1.c1ccccc1. The van der Waals surface area contributed by atoms with Crippen molar-refractivity contribution in [1.29, 1.82) is 0 Å². The maximum atomic E-state index is 2.26. The first-order chi connectivity index (χ1) is 15.9. The Bertz CT molecular complexity index is 860. The van der Waals surface area contributed by atoms with Crippen molar-refractivity contribution in [2.75, 3.05) is 0 Å². The summed E-state index contributed by atoms with van der Waals surface area (Å²) in [5.41, 5.74) is 4.26. The van der Waals surface area contributed by atoms with E-state index in [1.54, 1.807) is 0 Å². The minimum absolute atomic E-state index is 0.969. The molecule has 1 aliphatic carbocycles. The van der Waals surface area contributed by atoms with Gasteiger partial charge in [-0.3, -0.25) is 0 Å². The molecule has 0 aromatic heterocycles. The van der Waals surface area contributed by atoms with Crippen LogP contribution in [0.25, 0.3) is 0 Å². The van der Waals surface area contributed by atoms with Crippen LogP contribution < -0.4 is 0 Å². The summed E-state index contributed by atoms with van der Waals surface area (Å²) >= 11 is 0. The van der Waals surface area contributed by atoms with E-state index in [-0.39, 0.29) is 0 Å². The van der Waals surface area contributed by atoms with E-state index in [0.717, 1.165) is 12.3 Å². The predicted molar refractivity (Wildman–Crippen MR) is 139 cm³/mol. The average Bonchev–Trinajstić information content (AvgIpc) is 2.88. The molecule has 0 aliphatic heterocycles. The second-order valence-electron chi connectivity index (χ2n) is 8.50. The summed E-state index contributed by atoms with van der Waals surface area (Å²) in [7, 11) is 0. The zero-order valence-electron chi connectivity index (χ0n) is 19.2. The first-order valence-corrected chi connectivity index (χ1v) is 12.0. The summed E-state index contributed by atoms with van der Waals surface area (Å²) in [6.07, 6.45) is 9.62. The van der Waals surface area contributed by atoms with Gasteiger partial charge in [-0.2, -0.15) is 0 Å². The average molecular weight is 421 g/mol. The molecule has 1 saturated carbocycles. The molecule has 32 heavy (non-hydrogen) atoms. The summed E-state index contributed by atoms with van der Waals surface area (Å²) in [6.45, 7) is 0. The largest absolute Gasteiger partial charge is 0.0623 e. The fraction of sp³-hybridized carbons (Fsp3) is 0.250. The molecular weight excluding hydrogens is 384 g/mol. The molecule has 0 heteroatoms. The van der Waals surface area contributed by atoms with E-state index in [1.165, 1.54) is 55.2 Å². The van der Waals surface area contributed by atoms with Crippen LogP contribution in [0.2, 0.25) is 0 Å². The van der Waals surface area contributed by atoms with Gasteiger partial charge in [0.05, 0.1) is 0 Å². The van der Waals surface area contributed by atoms with Crippen molar-refractivity contribution in [3.05, 3.63) is 144 Å². The zero-order chi connectivity index (χ0) is 22.1. The Hall–Kier alpha value is -3.12. The van der Waals surface area contributed by atoms with Crippen molar-refractivity contribution in [3.8, 4) is 0 Å². The van der Waals surface area contributed by atoms with Crippen molar-refractivity contribution in [2.45, 2.75) is 44.9 Å². The second kappa shape index (κ2) is 14.8. The van der Waals surface area contributed by atoms with Gasteiger partial charge >= 0.3 is 0 Å². The smallest absolute Gasteiger partial charge is 0.00258 e. The highest BCUT2D eigenvalue weighted by Gasteiger charge is 2.13. The molecule has 4 aromatic rings. The Morgan fingerprint density at radius 3 is 1.16 bits per heavy atom. The molecule has 0 heterocycles. The molecule has 164 valence electrons. The van der Waals surface area contributed by atoms with Crippen LogP contribution in [0.3, 0.4) is 0 Å². The zero-order valence-corrected chi connectivity index (χ0v) is 19.2. The molecule has 0 atom stereocenters. The molecule has 0 radical (unpaired) electrons. The summed E-state index contributed by atoms with van der Waals surface area (Å²) < 4.78 is 0. The van der Waals surface area contributed by atoms with Crippen LogP contribution in [0.4, 0.5) is 0 Å². The van der Waals surface area contributed by atoms with Gasteiger partial charge in [-0.1, -0.05) is 159 Å². The van der Waals surface area contributed by atoms with E-state index in [4.69, 9.17) is 0 Å². The molecule has 4 aromatic carbocycles. The van der Waals surface area contributed by atoms with Crippen LogP contribution in [0.5, 0.6) is 0 Å². The van der Waals surface area contributed by atoms with E-state index >= 15 is 0 Å². The van der Waals surface area contributed by atoms with Crippen LogP contribution in [0.15, 0.2) is 127 Å². The first-order valence-electron chi connectivity index (χ1n) is 12.0. The molecular formula is C32H36. The van der Waals surface area contributed by atoms with Gasteiger partial charge in [-0.15, -0.1) is 0 Å². The maximum absolute atomic E-state index is 2.26. The lowest BCUT2D eigenvalue weighted by Crippen LogP contribution is -2.08. The molecule has 0 amide bonds. The second-order valence-corrected chi connectivity index (χ2v) is 8.50. The fourth-order valence-corrected chi connectivity index (χ4v) is 4.15. The third-order valence-electron chi connectivity index (χ3n) is 5.85. The van der Waals surface area contributed by atoms with Crippen LogP contribution in [0, 0.1) is 5.92 Å². The lowest BCUT2D eigenvalue weighted by molar-refractivity contribution is 0.356. The Labute approximate surface area is 195 Å². The van der Waals surface area contributed by atoms with E-state index < -0.39 is 0 Å². The van der Waals surface area contributed by atoms with Gasteiger partial charge in [0.2, 0.25) is 0 Å². The Balaban J connectivity index is 0.000000145. The van der Waals surface area contributed by atoms with Gasteiger partial charge in [0.1, 0.15) is 0 Å². The lowest BCUT2D eigenvalue weighted by Gasteiger charge is -2.21. The number of rotatable bonds is 4. The molecule has 0 bridgehead atoms. The van der Waals surface area contributed by atoms with Gasteiger partial charge in [0.25, 0.3) is 0 Å². The standard InChI is InChI=1S/C13H18.C13H12.C6H6/c2*1-3-7-12(8-4-1)11-13-9-5-2-6-10-13;1-2-4-6-5-3-1/h1,3-4,7-8,13H,2,5-6,9-11H2;1-10H,11H2;1-6H. The quantitative estimate of drug-likeness (QED) is 0.309. The molecule has 0 spiro atoms. The lowest BCUT2D eigenvalue weighted by atomic mass is 9.85. The third kappa shape index (κ3) is 9.79.